The highest BCUT2D eigenvalue weighted by Gasteiger charge is 2.29. The van der Waals surface area contributed by atoms with E-state index in [1.807, 2.05) is 0 Å². The quantitative estimate of drug-likeness (QED) is 0.625. The van der Waals surface area contributed by atoms with Crippen molar-refractivity contribution in [2.75, 3.05) is 0 Å². The Balaban J connectivity index is 2.23. The molecule has 0 amide bonds. The lowest BCUT2D eigenvalue weighted by atomic mass is 9.87. The first-order valence-corrected chi connectivity index (χ1v) is 6.50. The topological polar surface area (TPSA) is 76.2 Å². The van der Waals surface area contributed by atoms with Gasteiger partial charge in [-0.15, -0.1) is 0 Å². The smallest absolute Gasteiger partial charge is 0.312 e. The molecule has 0 N–H and O–H groups in total. The molecule has 2 atom stereocenters. The first-order valence-electron chi connectivity index (χ1n) is 6.12. The standard InChI is InChI=1S/C13H13ClN2O3/c14-10-5-6-13(11(7-10)16(17)18)19-12-4-2-1-3-9(12)8-15/h5-7,9,12H,1-4H2. The Morgan fingerprint density at radius 3 is 2.84 bits per heavy atom. The third-order valence-electron chi connectivity index (χ3n) is 3.26. The number of nitro benzene ring substituents is 1. The van der Waals surface area contributed by atoms with E-state index in [2.05, 4.69) is 6.07 Å². The van der Waals surface area contributed by atoms with Gasteiger partial charge in [0.05, 0.1) is 16.9 Å². The average Bonchev–Trinajstić information content (AvgIpc) is 2.41. The van der Waals surface area contributed by atoms with Crippen LogP contribution in [0.1, 0.15) is 25.7 Å². The van der Waals surface area contributed by atoms with Gasteiger partial charge in [-0.2, -0.15) is 5.26 Å². The van der Waals surface area contributed by atoms with Crippen LogP contribution in [0, 0.1) is 27.4 Å². The molecule has 1 aromatic carbocycles. The summed E-state index contributed by atoms with van der Waals surface area (Å²) in [6.45, 7) is 0. The van der Waals surface area contributed by atoms with Crippen LogP contribution >= 0.6 is 11.6 Å². The van der Waals surface area contributed by atoms with Gasteiger partial charge in [0.15, 0.2) is 5.75 Å². The number of hydrogen-bond donors (Lipinski definition) is 0. The van der Waals surface area contributed by atoms with Crippen molar-refractivity contribution in [2.45, 2.75) is 31.8 Å². The van der Waals surface area contributed by atoms with Gasteiger partial charge in [-0.1, -0.05) is 18.0 Å². The van der Waals surface area contributed by atoms with Crippen molar-refractivity contribution in [3.8, 4) is 11.8 Å². The van der Waals surface area contributed by atoms with Gasteiger partial charge < -0.3 is 4.74 Å². The fraction of sp³-hybridized carbons (Fsp3) is 0.462. The summed E-state index contributed by atoms with van der Waals surface area (Å²) in [7, 11) is 0. The predicted molar refractivity (Wildman–Crippen MR) is 70.1 cm³/mol. The summed E-state index contributed by atoms with van der Waals surface area (Å²) in [6.07, 6.45) is 3.23. The second-order valence-electron chi connectivity index (χ2n) is 4.55. The van der Waals surface area contributed by atoms with Crippen molar-refractivity contribution in [3.05, 3.63) is 33.3 Å². The van der Waals surface area contributed by atoms with Crippen molar-refractivity contribution >= 4 is 17.3 Å². The molecule has 1 aliphatic carbocycles. The highest BCUT2D eigenvalue weighted by Crippen LogP contribution is 2.34. The van der Waals surface area contributed by atoms with Gasteiger partial charge in [-0.05, 0) is 31.4 Å². The van der Waals surface area contributed by atoms with E-state index >= 15 is 0 Å². The van der Waals surface area contributed by atoms with Crippen LogP contribution < -0.4 is 4.74 Å². The van der Waals surface area contributed by atoms with Crippen molar-refractivity contribution in [1.29, 1.82) is 5.26 Å². The third kappa shape index (κ3) is 3.15. The van der Waals surface area contributed by atoms with Crippen LogP contribution in [0.2, 0.25) is 5.02 Å². The zero-order valence-corrected chi connectivity index (χ0v) is 11.0. The number of ether oxygens (including phenoxy) is 1. The molecule has 6 heteroatoms. The Bertz CT molecular complexity index is 527. The van der Waals surface area contributed by atoms with Gasteiger partial charge in [0, 0.05) is 11.1 Å². The van der Waals surface area contributed by atoms with E-state index in [0.717, 1.165) is 25.7 Å². The SMILES string of the molecule is N#CC1CCCCC1Oc1ccc(Cl)cc1[N+](=O)[O-]. The molecule has 0 radical (unpaired) electrons. The first-order chi connectivity index (χ1) is 9.11. The van der Waals surface area contributed by atoms with Crippen LogP contribution in [0.25, 0.3) is 0 Å². The largest absolute Gasteiger partial charge is 0.482 e. The molecule has 5 nitrogen and oxygen atoms in total. The lowest BCUT2D eigenvalue weighted by Crippen LogP contribution is -2.29. The van der Waals surface area contributed by atoms with Crippen LogP contribution in [0.4, 0.5) is 5.69 Å². The normalized spacial score (nSPS) is 22.5. The van der Waals surface area contributed by atoms with E-state index in [-0.39, 0.29) is 23.5 Å². The molecular formula is C13H13ClN2O3. The summed E-state index contributed by atoms with van der Waals surface area (Å²) < 4.78 is 5.68. The van der Waals surface area contributed by atoms with Crippen LogP contribution in [0.5, 0.6) is 5.75 Å². The average molecular weight is 281 g/mol. The number of halogens is 1. The monoisotopic (exact) mass is 280 g/mol. The first kappa shape index (κ1) is 13.6. The summed E-state index contributed by atoms with van der Waals surface area (Å²) in [5.41, 5.74) is -0.158. The summed E-state index contributed by atoms with van der Waals surface area (Å²) in [6, 6.07) is 6.52. The Morgan fingerprint density at radius 2 is 2.16 bits per heavy atom. The number of nitro groups is 1. The molecule has 0 aromatic heterocycles. The predicted octanol–water partition coefficient (Wildman–Crippen LogP) is 3.71. The Morgan fingerprint density at radius 1 is 1.42 bits per heavy atom. The van der Waals surface area contributed by atoms with Crippen LogP contribution in [-0.4, -0.2) is 11.0 Å². The maximum atomic E-state index is 11.0. The molecule has 0 saturated heterocycles. The van der Waals surface area contributed by atoms with E-state index in [1.54, 1.807) is 6.07 Å². The molecule has 2 rings (SSSR count). The summed E-state index contributed by atoms with van der Waals surface area (Å²) in [5.74, 6) is -0.0226. The van der Waals surface area contributed by atoms with Crippen molar-refractivity contribution in [1.82, 2.24) is 0 Å². The second-order valence-corrected chi connectivity index (χ2v) is 4.98. The van der Waals surface area contributed by atoms with E-state index in [1.165, 1.54) is 12.1 Å². The number of nitrogens with zero attached hydrogens (tertiary/aromatic N) is 2. The Labute approximate surface area is 115 Å². The molecule has 100 valence electrons. The summed E-state index contributed by atoms with van der Waals surface area (Å²) in [4.78, 5) is 10.4. The number of nitriles is 1. The summed E-state index contributed by atoms with van der Waals surface area (Å²) >= 11 is 5.75. The van der Waals surface area contributed by atoms with Crippen molar-refractivity contribution in [2.24, 2.45) is 5.92 Å². The maximum absolute atomic E-state index is 11.0. The molecule has 1 fully saturated rings. The zero-order valence-electron chi connectivity index (χ0n) is 10.2. The molecular weight excluding hydrogens is 268 g/mol. The van der Waals surface area contributed by atoms with Gasteiger partial charge in [0.2, 0.25) is 0 Å². The number of rotatable bonds is 3. The Hall–Kier alpha value is -1.80. The fourth-order valence-corrected chi connectivity index (χ4v) is 2.45. The molecule has 1 aromatic rings. The minimum atomic E-state index is -0.522. The molecule has 2 unspecified atom stereocenters. The van der Waals surface area contributed by atoms with Crippen LogP contribution in [-0.2, 0) is 0 Å². The van der Waals surface area contributed by atoms with Crippen molar-refractivity contribution in [3.63, 3.8) is 0 Å². The highest BCUT2D eigenvalue weighted by molar-refractivity contribution is 6.30. The molecule has 1 aliphatic rings. The van der Waals surface area contributed by atoms with Crippen LogP contribution in [0.15, 0.2) is 18.2 Å². The van der Waals surface area contributed by atoms with Gasteiger partial charge in [0.25, 0.3) is 0 Å². The molecule has 0 heterocycles. The maximum Gasteiger partial charge on any atom is 0.312 e. The lowest BCUT2D eigenvalue weighted by Gasteiger charge is -2.27. The second kappa shape index (κ2) is 5.89. The van der Waals surface area contributed by atoms with Crippen molar-refractivity contribution < 1.29 is 9.66 Å². The van der Waals surface area contributed by atoms with E-state index < -0.39 is 4.92 Å². The van der Waals surface area contributed by atoms with E-state index in [9.17, 15) is 10.1 Å². The van der Waals surface area contributed by atoms with Gasteiger partial charge in [0.1, 0.15) is 6.10 Å². The highest BCUT2D eigenvalue weighted by atomic mass is 35.5. The molecule has 0 spiro atoms. The number of hydrogen-bond acceptors (Lipinski definition) is 4. The molecule has 0 aliphatic heterocycles. The van der Waals surface area contributed by atoms with Gasteiger partial charge in [-0.25, -0.2) is 0 Å². The summed E-state index contributed by atoms with van der Waals surface area (Å²) in [5, 5.41) is 20.3. The number of benzene rings is 1. The minimum Gasteiger partial charge on any atom is -0.482 e. The Kier molecular flexibility index (Phi) is 4.23. The van der Waals surface area contributed by atoms with Gasteiger partial charge in [-0.3, -0.25) is 10.1 Å². The van der Waals surface area contributed by atoms with Crippen LogP contribution in [0.3, 0.4) is 0 Å². The molecule has 0 bridgehead atoms. The zero-order chi connectivity index (χ0) is 13.8. The van der Waals surface area contributed by atoms with E-state index in [0.29, 0.717) is 5.02 Å². The molecule has 19 heavy (non-hydrogen) atoms. The van der Waals surface area contributed by atoms with E-state index in [4.69, 9.17) is 21.6 Å². The fourth-order valence-electron chi connectivity index (χ4n) is 2.28. The lowest BCUT2D eigenvalue weighted by molar-refractivity contribution is -0.386. The minimum absolute atomic E-state index is 0.158. The molecule has 1 saturated carbocycles. The third-order valence-corrected chi connectivity index (χ3v) is 3.50. The van der Waals surface area contributed by atoms with Gasteiger partial charge >= 0.3 is 5.69 Å².